The van der Waals surface area contributed by atoms with E-state index in [1.807, 2.05) is 0 Å². The quantitative estimate of drug-likeness (QED) is 0.686. The summed E-state index contributed by atoms with van der Waals surface area (Å²) in [5.74, 6) is -1.01. The third-order valence-electron chi connectivity index (χ3n) is 2.82. The summed E-state index contributed by atoms with van der Waals surface area (Å²) in [5.41, 5.74) is -3.82. The number of rotatable bonds is 9. The maximum Gasteiger partial charge on any atom is 0.442 e. The fourth-order valence-electron chi connectivity index (χ4n) is 1.73. The van der Waals surface area contributed by atoms with Gasteiger partial charge in [0.15, 0.2) is 18.1 Å². The molecule has 140 valence electrons. The number of likely N-dealkylation sites (N-methyl/N-ethyl adjacent to an activating group) is 1. The summed E-state index contributed by atoms with van der Waals surface area (Å²) >= 11 is -0.394. The van der Waals surface area contributed by atoms with E-state index < -0.39 is 28.9 Å². The Morgan fingerprint density at radius 2 is 1.88 bits per heavy atom. The molecular formula is C15H19F3N2O4S. The maximum absolute atomic E-state index is 12.0. The summed E-state index contributed by atoms with van der Waals surface area (Å²) in [6.45, 7) is 2.15. The number of amides is 2. The molecule has 0 atom stereocenters. The van der Waals surface area contributed by atoms with Gasteiger partial charge in [0.05, 0.1) is 12.9 Å². The molecule has 0 unspecified atom stereocenters. The van der Waals surface area contributed by atoms with Gasteiger partial charge >= 0.3 is 5.51 Å². The molecule has 0 saturated heterocycles. The number of carbonyl (C=O) groups excluding carboxylic acids is 2. The average molecular weight is 380 g/mol. The number of benzene rings is 1. The minimum atomic E-state index is -4.44. The van der Waals surface area contributed by atoms with Crippen LogP contribution < -0.4 is 20.1 Å². The highest BCUT2D eigenvalue weighted by atomic mass is 32.2. The number of thioether (sulfide) groups is 1. The summed E-state index contributed by atoms with van der Waals surface area (Å²) in [4.78, 5) is 22.8. The van der Waals surface area contributed by atoms with E-state index in [0.717, 1.165) is 0 Å². The monoisotopic (exact) mass is 380 g/mol. The molecule has 0 bridgehead atoms. The Hall–Kier alpha value is -2.10. The number of alkyl halides is 3. The molecule has 0 fully saturated rings. The first-order valence-corrected chi connectivity index (χ1v) is 8.27. The number of ether oxygens (including phenoxy) is 2. The summed E-state index contributed by atoms with van der Waals surface area (Å²) in [7, 11) is 1.41. The second-order valence-electron chi connectivity index (χ2n) is 4.74. The van der Waals surface area contributed by atoms with Crippen LogP contribution in [0.15, 0.2) is 18.2 Å². The smallest absolute Gasteiger partial charge is 0.442 e. The van der Waals surface area contributed by atoms with E-state index >= 15 is 0 Å². The standard InChI is InChI=1S/C15H19F3N2O4S/c1-3-19-13(21)8-24-11-5-4-10(6-12(11)23-2)7-20-14(22)9-25-15(16,17)18/h4-6H,3,7-9H2,1-2H3,(H,19,21)(H,20,22). The zero-order valence-corrected chi connectivity index (χ0v) is 14.6. The Morgan fingerprint density at radius 1 is 1.16 bits per heavy atom. The fourth-order valence-corrected chi connectivity index (χ4v) is 2.13. The number of halogens is 3. The summed E-state index contributed by atoms with van der Waals surface area (Å²) in [6, 6.07) is 4.75. The Labute approximate surface area is 147 Å². The van der Waals surface area contributed by atoms with Crippen LogP contribution in [0.5, 0.6) is 11.5 Å². The van der Waals surface area contributed by atoms with Gasteiger partial charge in [-0.1, -0.05) is 6.07 Å². The van der Waals surface area contributed by atoms with Gasteiger partial charge in [-0.3, -0.25) is 9.59 Å². The van der Waals surface area contributed by atoms with Crippen LogP contribution in [-0.2, 0) is 16.1 Å². The van der Waals surface area contributed by atoms with Gasteiger partial charge in [0, 0.05) is 13.1 Å². The molecule has 6 nitrogen and oxygen atoms in total. The van der Waals surface area contributed by atoms with Crippen molar-refractivity contribution in [2.75, 3.05) is 26.0 Å². The molecule has 0 aromatic heterocycles. The number of hydrogen-bond donors (Lipinski definition) is 2. The van der Waals surface area contributed by atoms with Gasteiger partial charge in [0.2, 0.25) is 5.91 Å². The van der Waals surface area contributed by atoms with Crippen LogP contribution in [0.2, 0.25) is 0 Å². The lowest BCUT2D eigenvalue weighted by molar-refractivity contribution is -0.123. The van der Waals surface area contributed by atoms with E-state index in [9.17, 15) is 22.8 Å². The molecule has 2 N–H and O–H groups in total. The second kappa shape index (κ2) is 10.0. The molecule has 10 heteroatoms. The van der Waals surface area contributed by atoms with Crippen molar-refractivity contribution in [3.8, 4) is 11.5 Å². The van der Waals surface area contributed by atoms with Gasteiger partial charge in [-0.2, -0.15) is 13.2 Å². The van der Waals surface area contributed by atoms with Gasteiger partial charge in [0.1, 0.15) is 0 Å². The van der Waals surface area contributed by atoms with Crippen molar-refractivity contribution in [1.82, 2.24) is 10.6 Å². The van der Waals surface area contributed by atoms with E-state index in [2.05, 4.69) is 10.6 Å². The molecule has 1 aromatic rings. The Bertz CT molecular complexity index is 597. The Balaban J connectivity index is 2.56. The molecule has 0 spiro atoms. The molecule has 0 aliphatic heterocycles. The fraction of sp³-hybridized carbons (Fsp3) is 0.467. The second-order valence-corrected chi connectivity index (χ2v) is 5.78. The van der Waals surface area contributed by atoms with Crippen molar-refractivity contribution in [2.45, 2.75) is 19.0 Å². The van der Waals surface area contributed by atoms with Crippen molar-refractivity contribution in [3.05, 3.63) is 23.8 Å². The van der Waals surface area contributed by atoms with Crippen LogP contribution in [0.25, 0.3) is 0 Å². The molecule has 0 radical (unpaired) electrons. The van der Waals surface area contributed by atoms with Crippen LogP contribution in [0.3, 0.4) is 0 Å². The lowest BCUT2D eigenvalue weighted by atomic mass is 10.2. The van der Waals surface area contributed by atoms with E-state index in [0.29, 0.717) is 23.6 Å². The van der Waals surface area contributed by atoms with Crippen LogP contribution >= 0.6 is 11.8 Å². The molecular weight excluding hydrogens is 361 g/mol. The molecule has 25 heavy (non-hydrogen) atoms. The molecule has 0 heterocycles. The normalized spacial score (nSPS) is 10.9. The minimum Gasteiger partial charge on any atom is -0.493 e. The molecule has 0 aliphatic carbocycles. The van der Waals surface area contributed by atoms with Gasteiger partial charge in [-0.25, -0.2) is 0 Å². The van der Waals surface area contributed by atoms with Gasteiger partial charge in [0.25, 0.3) is 5.91 Å². The predicted molar refractivity (Wildman–Crippen MR) is 87.5 cm³/mol. The lowest BCUT2D eigenvalue weighted by Crippen LogP contribution is -2.28. The number of methoxy groups -OCH3 is 1. The average Bonchev–Trinajstić information content (AvgIpc) is 2.56. The highest BCUT2D eigenvalue weighted by Gasteiger charge is 2.29. The third-order valence-corrected chi connectivity index (χ3v) is 3.55. The first-order valence-electron chi connectivity index (χ1n) is 7.29. The van der Waals surface area contributed by atoms with Crippen LogP contribution in [0.4, 0.5) is 13.2 Å². The third kappa shape index (κ3) is 8.52. The molecule has 0 aliphatic rings. The first-order chi connectivity index (χ1) is 11.7. The predicted octanol–water partition coefficient (Wildman–Crippen LogP) is 2.08. The van der Waals surface area contributed by atoms with Crippen molar-refractivity contribution in [1.29, 1.82) is 0 Å². The molecule has 1 rings (SSSR count). The molecule has 0 saturated carbocycles. The topological polar surface area (TPSA) is 76.7 Å². The van der Waals surface area contributed by atoms with Crippen LogP contribution in [-0.4, -0.2) is 43.3 Å². The van der Waals surface area contributed by atoms with Gasteiger partial charge in [-0.15, -0.1) is 0 Å². The highest BCUT2D eigenvalue weighted by Crippen LogP contribution is 2.30. The van der Waals surface area contributed by atoms with Crippen molar-refractivity contribution in [2.24, 2.45) is 0 Å². The van der Waals surface area contributed by atoms with E-state index in [1.165, 1.54) is 7.11 Å². The zero-order chi connectivity index (χ0) is 18.9. The van der Waals surface area contributed by atoms with Crippen molar-refractivity contribution >= 4 is 23.6 Å². The van der Waals surface area contributed by atoms with Gasteiger partial charge < -0.3 is 20.1 Å². The van der Waals surface area contributed by atoms with Gasteiger partial charge in [-0.05, 0) is 36.4 Å². The van der Waals surface area contributed by atoms with E-state index in [1.54, 1.807) is 25.1 Å². The number of hydrogen-bond acceptors (Lipinski definition) is 5. The first kappa shape index (κ1) is 20.9. The Kier molecular flexibility index (Phi) is 8.39. The van der Waals surface area contributed by atoms with E-state index in [4.69, 9.17) is 9.47 Å². The summed E-state index contributed by atoms with van der Waals surface area (Å²) in [6.07, 6.45) is 0. The van der Waals surface area contributed by atoms with E-state index in [-0.39, 0.29) is 19.1 Å². The summed E-state index contributed by atoms with van der Waals surface area (Å²) in [5, 5.41) is 4.97. The minimum absolute atomic E-state index is 0.0458. The largest absolute Gasteiger partial charge is 0.493 e. The number of nitrogens with one attached hydrogen (secondary N) is 2. The van der Waals surface area contributed by atoms with Crippen LogP contribution in [0, 0.1) is 0 Å². The number of carbonyl (C=O) groups is 2. The highest BCUT2D eigenvalue weighted by molar-refractivity contribution is 8.00. The molecule has 1 aromatic carbocycles. The van der Waals surface area contributed by atoms with Crippen molar-refractivity contribution < 1.29 is 32.2 Å². The van der Waals surface area contributed by atoms with Crippen LogP contribution in [0.1, 0.15) is 12.5 Å². The summed E-state index contributed by atoms with van der Waals surface area (Å²) < 4.78 is 46.6. The maximum atomic E-state index is 12.0. The molecule has 2 amide bonds. The van der Waals surface area contributed by atoms with Crippen molar-refractivity contribution in [3.63, 3.8) is 0 Å². The Morgan fingerprint density at radius 3 is 2.48 bits per heavy atom. The zero-order valence-electron chi connectivity index (χ0n) is 13.7. The SMILES string of the molecule is CCNC(=O)COc1ccc(CNC(=O)CSC(F)(F)F)cc1OC. The lowest BCUT2D eigenvalue weighted by Gasteiger charge is -2.12.